The Balaban J connectivity index is 1.95. The Labute approximate surface area is 112 Å². The second kappa shape index (κ2) is 6.19. The van der Waals surface area contributed by atoms with E-state index in [1.54, 1.807) is 12.1 Å². The topological polar surface area (TPSA) is 43.1 Å². The van der Waals surface area contributed by atoms with Gasteiger partial charge in [-0.05, 0) is 31.6 Å². The van der Waals surface area contributed by atoms with Crippen LogP contribution in [0.3, 0.4) is 0 Å². The predicted octanol–water partition coefficient (Wildman–Crippen LogP) is 4.33. The van der Waals surface area contributed by atoms with Crippen LogP contribution in [-0.4, -0.2) is 10.3 Å². The molecule has 98 valence electrons. The van der Waals surface area contributed by atoms with Gasteiger partial charge in [-0.1, -0.05) is 31.0 Å². The predicted molar refractivity (Wildman–Crippen MR) is 73.0 cm³/mol. The van der Waals surface area contributed by atoms with Gasteiger partial charge in [0.2, 0.25) is 0 Å². The van der Waals surface area contributed by atoms with E-state index in [2.05, 4.69) is 0 Å². The summed E-state index contributed by atoms with van der Waals surface area (Å²) >= 11 is 6.40. The molecule has 0 aliphatic heterocycles. The maximum absolute atomic E-state index is 10.9. The van der Waals surface area contributed by atoms with Crippen molar-refractivity contribution in [2.24, 2.45) is 5.92 Å². The highest BCUT2D eigenvalue weighted by Gasteiger charge is 2.23. The Bertz CT molecular complexity index is 416. The zero-order valence-electron chi connectivity index (χ0n) is 10.3. The molecule has 0 bridgehead atoms. The number of para-hydroxylation sites is 1. The van der Waals surface area contributed by atoms with Gasteiger partial charge in [-0.3, -0.25) is 10.1 Å². The Morgan fingerprint density at radius 3 is 2.67 bits per heavy atom. The lowest BCUT2D eigenvalue weighted by Crippen LogP contribution is -2.12. The number of benzene rings is 1. The number of nitro benzene ring substituents is 1. The number of nitrogens with zero attached hydrogens (tertiary/aromatic N) is 1. The maximum Gasteiger partial charge on any atom is 0.272 e. The number of halogens is 1. The van der Waals surface area contributed by atoms with Crippen LogP contribution in [0.15, 0.2) is 24.3 Å². The van der Waals surface area contributed by atoms with Gasteiger partial charge in [0.25, 0.3) is 5.69 Å². The third-order valence-electron chi connectivity index (χ3n) is 3.79. The highest BCUT2D eigenvalue weighted by Crippen LogP contribution is 2.33. The van der Waals surface area contributed by atoms with Crippen LogP contribution < -0.4 is 0 Å². The molecular formula is C14H18ClNO2. The first kappa shape index (κ1) is 13.3. The average molecular weight is 268 g/mol. The number of alkyl halides is 1. The first-order chi connectivity index (χ1) is 8.68. The molecule has 0 heterocycles. The van der Waals surface area contributed by atoms with Gasteiger partial charge < -0.3 is 0 Å². The molecule has 1 aliphatic carbocycles. The van der Waals surface area contributed by atoms with Gasteiger partial charge in [-0.25, -0.2) is 0 Å². The van der Waals surface area contributed by atoms with Crippen molar-refractivity contribution in [3.8, 4) is 0 Å². The Morgan fingerprint density at radius 2 is 2.00 bits per heavy atom. The molecule has 1 aromatic carbocycles. The molecule has 0 aromatic heterocycles. The quantitative estimate of drug-likeness (QED) is 0.453. The van der Waals surface area contributed by atoms with Crippen molar-refractivity contribution in [1.29, 1.82) is 0 Å². The van der Waals surface area contributed by atoms with Gasteiger partial charge in [-0.15, -0.1) is 11.6 Å². The smallest absolute Gasteiger partial charge is 0.258 e. The molecule has 0 amide bonds. The van der Waals surface area contributed by atoms with E-state index in [0.29, 0.717) is 12.3 Å². The van der Waals surface area contributed by atoms with Crippen LogP contribution in [0.5, 0.6) is 0 Å². The molecule has 1 aliphatic rings. The normalized spacial score (nSPS) is 17.8. The van der Waals surface area contributed by atoms with Gasteiger partial charge >= 0.3 is 0 Å². The number of aryl methyl sites for hydroxylation is 1. The highest BCUT2D eigenvalue weighted by atomic mass is 35.5. The molecule has 1 atom stereocenters. The first-order valence-corrected chi connectivity index (χ1v) is 6.98. The van der Waals surface area contributed by atoms with E-state index in [4.69, 9.17) is 11.6 Å². The minimum Gasteiger partial charge on any atom is -0.258 e. The fraction of sp³-hybridized carbons (Fsp3) is 0.571. The summed E-state index contributed by atoms with van der Waals surface area (Å²) in [7, 11) is 0. The third-order valence-corrected chi connectivity index (χ3v) is 4.36. The van der Waals surface area contributed by atoms with E-state index in [9.17, 15) is 10.1 Å². The minimum absolute atomic E-state index is 0.160. The zero-order valence-corrected chi connectivity index (χ0v) is 11.1. The summed E-state index contributed by atoms with van der Waals surface area (Å²) in [6.45, 7) is 0. The van der Waals surface area contributed by atoms with E-state index in [1.165, 1.54) is 25.7 Å². The van der Waals surface area contributed by atoms with Crippen molar-refractivity contribution in [3.05, 3.63) is 39.9 Å². The van der Waals surface area contributed by atoms with Gasteiger partial charge in [0.15, 0.2) is 0 Å². The molecule has 0 N–H and O–H groups in total. The molecule has 18 heavy (non-hydrogen) atoms. The van der Waals surface area contributed by atoms with Crippen molar-refractivity contribution in [2.45, 2.75) is 43.9 Å². The van der Waals surface area contributed by atoms with E-state index < -0.39 is 0 Å². The summed E-state index contributed by atoms with van der Waals surface area (Å²) in [4.78, 5) is 10.6. The molecule has 1 unspecified atom stereocenters. The van der Waals surface area contributed by atoms with Crippen LogP contribution in [0.2, 0.25) is 0 Å². The standard InChI is InChI=1S/C14H18ClNO2/c15-13(11-5-1-2-6-11)10-9-12-7-3-4-8-14(12)16(17)18/h3-4,7-8,11,13H,1-2,5-6,9-10H2. The van der Waals surface area contributed by atoms with Crippen LogP contribution in [-0.2, 0) is 6.42 Å². The van der Waals surface area contributed by atoms with Crippen molar-refractivity contribution in [2.75, 3.05) is 0 Å². The molecule has 3 nitrogen and oxygen atoms in total. The minimum atomic E-state index is -0.311. The summed E-state index contributed by atoms with van der Waals surface area (Å²) < 4.78 is 0. The lowest BCUT2D eigenvalue weighted by Gasteiger charge is -2.16. The fourth-order valence-corrected chi connectivity index (χ4v) is 3.11. The Morgan fingerprint density at radius 1 is 1.33 bits per heavy atom. The average Bonchev–Trinajstić information content (AvgIpc) is 2.90. The van der Waals surface area contributed by atoms with E-state index >= 15 is 0 Å². The van der Waals surface area contributed by atoms with Crippen LogP contribution in [0.25, 0.3) is 0 Å². The number of hydrogen-bond donors (Lipinski definition) is 0. The second-order valence-corrected chi connectivity index (χ2v) is 5.55. The number of rotatable bonds is 5. The molecule has 0 saturated heterocycles. The lowest BCUT2D eigenvalue weighted by molar-refractivity contribution is -0.385. The molecule has 1 fully saturated rings. The number of nitro groups is 1. The maximum atomic E-state index is 10.9. The second-order valence-electron chi connectivity index (χ2n) is 4.99. The molecule has 1 aromatic rings. The number of hydrogen-bond acceptors (Lipinski definition) is 2. The molecule has 0 radical (unpaired) electrons. The molecule has 2 rings (SSSR count). The largest absolute Gasteiger partial charge is 0.272 e. The van der Waals surface area contributed by atoms with E-state index in [1.807, 2.05) is 12.1 Å². The van der Waals surface area contributed by atoms with Crippen LogP contribution >= 0.6 is 11.6 Å². The molecule has 4 heteroatoms. The molecule has 1 saturated carbocycles. The summed E-state index contributed by atoms with van der Waals surface area (Å²) in [5.41, 5.74) is 1.01. The third kappa shape index (κ3) is 3.22. The summed E-state index contributed by atoms with van der Waals surface area (Å²) in [5.74, 6) is 0.606. The van der Waals surface area contributed by atoms with Crippen molar-refractivity contribution in [3.63, 3.8) is 0 Å². The van der Waals surface area contributed by atoms with Gasteiger partial charge in [0.05, 0.1) is 4.92 Å². The van der Waals surface area contributed by atoms with Crippen molar-refractivity contribution < 1.29 is 4.92 Å². The van der Waals surface area contributed by atoms with Crippen molar-refractivity contribution in [1.82, 2.24) is 0 Å². The Hall–Kier alpha value is -1.09. The van der Waals surface area contributed by atoms with Crippen LogP contribution in [0.4, 0.5) is 5.69 Å². The summed E-state index contributed by atoms with van der Waals surface area (Å²) in [5, 5.41) is 11.1. The van der Waals surface area contributed by atoms with Gasteiger partial charge in [0, 0.05) is 17.0 Å². The van der Waals surface area contributed by atoms with Crippen molar-refractivity contribution >= 4 is 17.3 Å². The lowest BCUT2D eigenvalue weighted by atomic mass is 9.97. The molecular weight excluding hydrogens is 250 g/mol. The monoisotopic (exact) mass is 267 g/mol. The van der Waals surface area contributed by atoms with E-state index in [0.717, 1.165) is 12.0 Å². The zero-order chi connectivity index (χ0) is 13.0. The first-order valence-electron chi connectivity index (χ1n) is 6.55. The Kier molecular flexibility index (Phi) is 4.59. The molecule has 0 spiro atoms. The van der Waals surface area contributed by atoms with Crippen LogP contribution in [0.1, 0.15) is 37.7 Å². The SMILES string of the molecule is O=[N+]([O-])c1ccccc1CCC(Cl)C1CCCC1. The van der Waals surface area contributed by atoms with Crippen LogP contribution in [0, 0.1) is 16.0 Å². The van der Waals surface area contributed by atoms with Gasteiger partial charge in [0.1, 0.15) is 0 Å². The summed E-state index contributed by atoms with van der Waals surface area (Å²) in [6, 6.07) is 6.95. The summed E-state index contributed by atoms with van der Waals surface area (Å²) in [6.07, 6.45) is 6.51. The van der Waals surface area contributed by atoms with Gasteiger partial charge in [-0.2, -0.15) is 0 Å². The fourth-order valence-electron chi connectivity index (χ4n) is 2.75. The van der Waals surface area contributed by atoms with E-state index in [-0.39, 0.29) is 16.0 Å². The highest BCUT2D eigenvalue weighted by molar-refractivity contribution is 6.20.